The standard InChI is InChI=1S/C8H4BrF3N2O/c9-5-1-2-6(14-4-13)7(3-5)15-8(10,11)12/h1-3,14H. The molecule has 0 radical (unpaired) electrons. The van der Waals surface area contributed by atoms with Gasteiger partial charge in [0.15, 0.2) is 11.9 Å². The second-order valence-electron chi connectivity index (χ2n) is 2.43. The molecule has 3 nitrogen and oxygen atoms in total. The van der Waals surface area contributed by atoms with E-state index >= 15 is 0 Å². The van der Waals surface area contributed by atoms with Crippen LogP contribution in [0.4, 0.5) is 18.9 Å². The highest BCUT2D eigenvalue weighted by molar-refractivity contribution is 9.10. The van der Waals surface area contributed by atoms with Gasteiger partial charge in [0.05, 0.1) is 5.69 Å². The van der Waals surface area contributed by atoms with Gasteiger partial charge in [-0.1, -0.05) is 15.9 Å². The van der Waals surface area contributed by atoms with Gasteiger partial charge in [-0.15, -0.1) is 13.2 Å². The summed E-state index contributed by atoms with van der Waals surface area (Å²) in [5.74, 6) is -0.460. The van der Waals surface area contributed by atoms with E-state index in [4.69, 9.17) is 5.26 Å². The van der Waals surface area contributed by atoms with Crippen molar-refractivity contribution in [3.05, 3.63) is 22.7 Å². The fourth-order valence-corrected chi connectivity index (χ4v) is 1.21. The minimum Gasteiger partial charge on any atom is -0.403 e. The summed E-state index contributed by atoms with van der Waals surface area (Å²) in [7, 11) is 0. The van der Waals surface area contributed by atoms with Gasteiger partial charge in [-0.2, -0.15) is 5.26 Å². The van der Waals surface area contributed by atoms with Crippen molar-refractivity contribution in [1.29, 1.82) is 5.26 Å². The van der Waals surface area contributed by atoms with E-state index in [0.29, 0.717) is 4.47 Å². The first-order chi connectivity index (χ1) is 6.92. The Kier molecular flexibility index (Phi) is 3.42. The molecule has 7 heteroatoms. The molecule has 0 saturated carbocycles. The molecule has 0 amide bonds. The monoisotopic (exact) mass is 280 g/mol. The summed E-state index contributed by atoms with van der Waals surface area (Å²) in [6, 6.07) is 3.91. The summed E-state index contributed by atoms with van der Waals surface area (Å²) in [6.07, 6.45) is -3.27. The van der Waals surface area contributed by atoms with E-state index in [0.717, 1.165) is 6.07 Å². The highest BCUT2D eigenvalue weighted by atomic mass is 79.9. The molecule has 15 heavy (non-hydrogen) atoms. The predicted molar refractivity (Wildman–Crippen MR) is 50.1 cm³/mol. The van der Waals surface area contributed by atoms with E-state index < -0.39 is 12.1 Å². The zero-order valence-electron chi connectivity index (χ0n) is 7.10. The number of nitrogens with one attached hydrogen (secondary N) is 1. The molecule has 1 aromatic rings. The van der Waals surface area contributed by atoms with Crippen molar-refractivity contribution in [3.8, 4) is 11.9 Å². The maximum atomic E-state index is 11.9. The van der Waals surface area contributed by atoms with E-state index in [1.807, 2.05) is 0 Å². The summed E-state index contributed by atoms with van der Waals surface area (Å²) in [5.41, 5.74) is -0.0435. The van der Waals surface area contributed by atoms with Crippen LogP contribution in [0, 0.1) is 11.5 Å². The SMILES string of the molecule is N#CNc1ccc(Br)cc1OC(F)(F)F. The molecule has 0 fully saturated rings. The number of halogens is 4. The molecule has 0 aliphatic rings. The number of alkyl halides is 3. The summed E-state index contributed by atoms with van der Waals surface area (Å²) in [4.78, 5) is 0. The average Bonchev–Trinajstić information content (AvgIpc) is 2.07. The van der Waals surface area contributed by atoms with Crippen LogP contribution < -0.4 is 10.1 Å². The molecule has 80 valence electrons. The first kappa shape index (κ1) is 11.7. The molecule has 1 aromatic carbocycles. The Hall–Kier alpha value is -1.42. The lowest BCUT2D eigenvalue weighted by Crippen LogP contribution is -2.17. The van der Waals surface area contributed by atoms with Crippen LogP contribution in [0.25, 0.3) is 0 Å². The smallest absolute Gasteiger partial charge is 0.403 e. The Balaban J connectivity index is 3.03. The number of ether oxygens (including phenoxy) is 1. The van der Waals surface area contributed by atoms with Crippen molar-refractivity contribution in [2.45, 2.75) is 6.36 Å². The van der Waals surface area contributed by atoms with Crippen molar-refractivity contribution in [2.24, 2.45) is 0 Å². The summed E-state index contributed by atoms with van der Waals surface area (Å²) >= 11 is 3.00. The van der Waals surface area contributed by atoms with Gasteiger partial charge in [0.1, 0.15) is 0 Å². The molecule has 0 aliphatic carbocycles. The lowest BCUT2D eigenvalue weighted by molar-refractivity contribution is -0.274. The van der Waals surface area contributed by atoms with Gasteiger partial charge in [0.2, 0.25) is 0 Å². The molecule has 0 unspecified atom stereocenters. The molecular formula is C8H4BrF3N2O. The zero-order valence-corrected chi connectivity index (χ0v) is 8.69. The second-order valence-corrected chi connectivity index (χ2v) is 3.34. The van der Waals surface area contributed by atoms with Gasteiger partial charge < -0.3 is 4.74 Å². The summed E-state index contributed by atoms with van der Waals surface area (Å²) in [6.45, 7) is 0. The highest BCUT2D eigenvalue weighted by Gasteiger charge is 2.32. The lowest BCUT2D eigenvalue weighted by atomic mass is 10.3. The maximum absolute atomic E-state index is 11.9. The third-order valence-corrected chi connectivity index (χ3v) is 1.85. The molecule has 0 atom stereocenters. The summed E-state index contributed by atoms with van der Waals surface area (Å²) < 4.78 is 40.0. The first-order valence-corrected chi connectivity index (χ1v) is 4.42. The van der Waals surface area contributed by atoms with Gasteiger partial charge in [-0.25, -0.2) is 0 Å². The predicted octanol–water partition coefficient (Wildman–Crippen LogP) is 3.24. The molecule has 0 saturated heterocycles. The molecule has 0 bridgehead atoms. The Morgan fingerprint density at radius 3 is 2.60 bits per heavy atom. The Labute approximate surface area is 91.6 Å². The van der Waals surface area contributed by atoms with Gasteiger partial charge in [-0.3, -0.25) is 5.32 Å². The van der Waals surface area contributed by atoms with Crippen LogP contribution in [0.1, 0.15) is 0 Å². The molecule has 0 heterocycles. The normalized spacial score (nSPS) is 10.6. The number of rotatable bonds is 2. The lowest BCUT2D eigenvalue weighted by Gasteiger charge is -2.12. The second kappa shape index (κ2) is 4.40. The van der Waals surface area contributed by atoms with Crippen LogP contribution in [0.5, 0.6) is 5.75 Å². The number of anilines is 1. The number of benzene rings is 1. The quantitative estimate of drug-likeness (QED) is 0.668. The third-order valence-electron chi connectivity index (χ3n) is 1.36. The largest absolute Gasteiger partial charge is 0.573 e. The number of hydrogen-bond acceptors (Lipinski definition) is 3. The van der Waals surface area contributed by atoms with Crippen molar-refractivity contribution in [3.63, 3.8) is 0 Å². The highest BCUT2D eigenvalue weighted by Crippen LogP contribution is 2.32. The van der Waals surface area contributed by atoms with Gasteiger partial charge in [-0.05, 0) is 18.2 Å². The first-order valence-electron chi connectivity index (χ1n) is 3.63. The molecule has 0 spiro atoms. The van der Waals surface area contributed by atoms with E-state index in [2.05, 4.69) is 26.0 Å². The number of nitriles is 1. The van der Waals surface area contributed by atoms with E-state index in [-0.39, 0.29) is 5.69 Å². The van der Waals surface area contributed by atoms with Crippen molar-refractivity contribution < 1.29 is 17.9 Å². The Morgan fingerprint density at radius 1 is 1.40 bits per heavy atom. The van der Waals surface area contributed by atoms with Crippen LogP contribution in [0.2, 0.25) is 0 Å². The molecule has 1 N–H and O–H groups in total. The van der Waals surface area contributed by atoms with Gasteiger partial charge in [0.25, 0.3) is 0 Å². The van der Waals surface area contributed by atoms with Gasteiger partial charge >= 0.3 is 6.36 Å². The topological polar surface area (TPSA) is 45.0 Å². The van der Waals surface area contributed by atoms with Gasteiger partial charge in [0, 0.05) is 4.47 Å². The number of nitrogens with zero attached hydrogens (tertiary/aromatic N) is 1. The average molecular weight is 281 g/mol. The fraction of sp³-hybridized carbons (Fsp3) is 0.125. The minimum absolute atomic E-state index is 0.0435. The zero-order chi connectivity index (χ0) is 11.5. The van der Waals surface area contributed by atoms with Crippen LogP contribution in [0.15, 0.2) is 22.7 Å². The number of hydrogen-bond donors (Lipinski definition) is 1. The van der Waals surface area contributed by atoms with Crippen molar-refractivity contribution in [2.75, 3.05) is 5.32 Å². The molecular weight excluding hydrogens is 277 g/mol. The van der Waals surface area contributed by atoms with E-state index in [1.165, 1.54) is 18.3 Å². The Morgan fingerprint density at radius 2 is 2.07 bits per heavy atom. The third kappa shape index (κ3) is 3.67. The fourth-order valence-electron chi connectivity index (χ4n) is 0.869. The molecule has 1 rings (SSSR count). The van der Waals surface area contributed by atoms with E-state index in [9.17, 15) is 13.2 Å². The molecule has 0 aliphatic heterocycles. The minimum atomic E-state index is -4.79. The van der Waals surface area contributed by atoms with Crippen molar-refractivity contribution >= 4 is 21.6 Å². The molecule has 0 aromatic heterocycles. The maximum Gasteiger partial charge on any atom is 0.573 e. The Bertz CT molecular complexity index is 400. The van der Waals surface area contributed by atoms with Crippen molar-refractivity contribution in [1.82, 2.24) is 0 Å². The van der Waals surface area contributed by atoms with Crippen LogP contribution in [0.3, 0.4) is 0 Å². The van der Waals surface area contributed by atoms with Crippen LogP contribution in [-0.4, -0.2) is 6.36 Å². The van der Waals surface area contributed by atoms with Crippen LogP contribution >= 0.6 is 15.9 Å². The summed E-state index contributed by atoms with van der Waals surface area (Å²) in [5, 5.41) is 10.4. The van der Waals surface area contributed by atoms with Crippen LogP contribution in [-0.2, 0) is 0 Å². The van der Waals surface area contributed by atoms with E-state index in [1.54, 1.807) is 0 Å².